The lowest BCUT2D eigenvalue weighted by atomic mass is 9.74. The molecule has 1 aliphatic heterocycles. The summed E-state index contributed by atoms with van der Waals surface area (Å²) in [5.74, 6) is -2.03. The molecule has 2 rings (SSSR count). The van der Waals surface area contributed by atoms with Crippen LogP contribution in [0.5, 0.6) is 0 Å². The quantitative estimate of drug-likeness (QED) is 0.739. The summed E-state index contributed by atoms with van der Waals surface area (Å²) in [6.45, 7) is 13.1. The Hall–Kier alpha value is -2.15. The van der Waals surface area contributed by atoms with Gasteiger partial charge in [-0.1, -0.05) is 26.8 Å². The zero-order chi connectivity index (χ0) is 22.9. The summed E-state index contributed by atoms with van der Waals surface area (Å²) in [6.07, 6.45) is -0.442. The first-order chi connectivity index (χ1) is 13.6. The number of aliphatic hydroxyl groups is 1. The van der Waals surface area contributed by atoms with Gasteiger partial charge in [-0.25, -0.2) is 9.18 Å². The van der Waals surface area contributed by atoms with Gasteiger partial charge in [0.1, 0.15) is 22.9 Å². The molecule has 1 aromatic carbocycles. The normalized spacial score (nSPS) is 22.6. The van der Waals surface area contributed by atoms with Gasteiger partial charge in [0.15, 0.2) is 0 Å². The number of hydrogen-bond donors (Lipinski definition) is 1. The average Bonchev–Trinajstić information content (AvgIpc) is 2.57. The van der Waals surface area contributed by atoms with Gasteiger partial charge >= 0.3 is 12.1 Å². The highest BCUT2D eigenvalue weighted by Gasteiger charge is 2.50. The molecule has 1 heterocycles. The van der Waals surface area contributed by atoms with E-state index in [4.69, 9.17) is 9.47 Å². The van der Waals surface area contributed by atoms with Gasteiger partial charge in [0.25, 0.3) is 0 Å². The summed E-state index contributed by atoms with van der Waals surface area (Å²) in [5, 5.41) is 11.6. The average molecular weight is 424 g/mol. The predicted molar refractivity (Wildman–Crippen MR) is 111 cm³/mol. The first-order valence-electron chi connectivity index (χ1n) is 10.3. The number of piperidine rings is 1. The van der Waals surface area contributed by atoms with Crippen molar-refractivity contribution in [3.05, 3.63) is 35.1 Å². The maximum absolute atomic E-state index is 13.6. The van der Waals surface area contributed by atoms with Crippen LogP contribution in [-0.2, 0) is 19.9 Å². The van der Waals surface area contributed by atoms with Crippen LogP contribution in [0.2, 0.25) is 0 Å². The standard InChI is InChI=1S/C23H34FNO5/c1-15-12-16(24)8-9-17(15)23(28)10-11-25(20(27)30-22(5,6)7)13-18(23)19(26)29-14-21(2,3)4/h8-9,12,18,28H,10-11,13-14H2,1-7H3/t18-,23-/m1/s1. The zero-order valence-corrected chi connectivity index (χ0v) is 19.0. The number of nitrogens with zero attached hydrogens (tertiary/aromatic N) is 1. The van der Waals surface area contributed by atoms with Crippen molar-refractivity contribution in [3.63, 3.8) is 0 Å². The summed E-state index contributed by atoms with van der Waals surface area (Å²) in [6, 6.07) is 4.08. The van der Waals surface area contributed by atoms with Crippen molar-refractivity contribution in [1.82, 2.24) is 4.90 Å². The Bertz CT molecular complexity index is 796. The Morgan fingerprint density at radius 2 is 1.87 bits per heavy atom. The number of likely N-dealkylation sites (tertiary alicyclic amines) is 1. The highest BCUT2D eigenvalue weighted by atomic mass is 19.1. The monoisotopic (exact) mass is 423 g/mol. The molecule has 7 heteroatoms. The van der Waals surface area contributed by atoms with Crippen molar-refractivity contribution in [1.29, 1.82) is 0 Å². The van der Waals surface area contributed by atoms with Gasteiger partial charge in [0.2, 0.25) is 0 Å². The number of esters is 1. The van der Waals surface area contributed by atoms with Gasteiger partial charge in [0, 0.05) is 13.1 Å². The maximum atomic E-state index is 13.6. The second-order valence-electron chi connectivity index (χ2n) is 10.3. The number of aryl methyl sites for hydroxylation is 1. The van der Waals surface area contributed by atoms with Crippen LogP contribution in [0.4, 0.5) is 9.18 Å². The molecule has 0 spiro atoms. The van der Waals surface area contributed by atoms with Gasteiger partial charge in [0.05, 0.1) is 6.61 Å². The molecular formula is C23H34FNO5. The summed E-state index contributed by atoms with van der Waals surface area (Å²) < 4.78 is 24.6. The minimum atomic E-state index is -1.58. The number of benzene rings is 1. The Morgan fingerprint density at radius 1 is 1.23 bits per heavy atom. The van der Waals surface area contributed by atoms with Crippen LogP contribution in [0.1, 0.15) is 59.1 Å². The van der Waals surface area contributed by atoms with E-state index in [-0.39, 0.29) is 31.5 Å². The number of carbonyl (C=O) groups excluding carboxylic acids is 2. The molecule has 0 bridgehead atoms. The van der Waals surface area contributed by atoms with E-state index in [0.29, 0.717) is 11.1 Å². The van der Waals surface area contributed by atoms with E-state index in [1.807, 2.05) is 20.8 Å². The van der Waals surface area contributed by atoms with Crippen molar-refractivity contribution in [3.8, 4) is 0 Å². The van der Waals surface area contributed by atoms with E-state index in [2.05, 4.69) is 0 Å². The Labute approximate surface area is 178 Å². The summed E-state index contributed by atoms with van der Waals surface area (Å²) >= 11 is 0. The minimum Gasteiger partial charge on any atom is -0.465 e. The number of ether oxygens (including phenoxy) is 2. The SMILES string of the molecule is Cc1cc(F)ccc1[C@]1(O)CCN(C(=O)OC(C)(C)C)C[C@@H]1C(=O)OCC(C)(C)C. The lowest BCUT2D eigenvalue weighted by Gasteiger charge is -2.44. The molecule has 1 aliphatic rings. The first kappa shape index (κ1) is 24.1. The summed E-state index contributed by atoms with van der Waals surface area (Å²) in [5.41, 5.74) is -1.51. The number of halogens is 1. The van der Waals surface area contributed by atoms with Crippen molar-refractivity contribution in [2.75, 3.05) is 19.7 Å². The smallest absolute Gasteiger partial charge is 0.410 e. The van der Waals surface area contributed by atoms with E-state index >= 15 is 0 Å². The molecule has 168 valence electrons. The molecule has 1 fully saturated rings. The minimum absolute atomic E-state index is 0.0504. The molecule has 6 nitrogen and oxygen atoms in total. The maximum Gasteiger partial charge on any atom is 0.410 e. The highest BCUT2D eigenvalue weighted by molar-refractivity contribution is 5.77. The fourth-order valence-electron chi connectivity index (χ4n) is 3.53. The second-order valence-corrected chi connectivity index (χ2v) is 10.3. The van der Waals surface area contributed by atoms with Crippen molar-refractivity contribution < 1.29 is 28.6 Å². The Balaban J connectivity index is 2.36. The van der Waals surface area contributed by atoms with Crippen molar-refractivity contribution in [2.24, 2.45) is 11.3 Å². The molecule has 0 aromatic heterocycles. The molecule has 1 amide bonds. The molecule has 1 N–H and O–H groups in total. The van der Waals surface area contributed by atoms with E-state index in [1.54, 1.807) is 27.7 Å². The van der Waals surface area contributed by atoms with Crippen molar-refractivity contribution in [2.45, 2.75) is 66.1 Å². The van der Waals surface area contributed by atoms with Gasteiger partial charge in [-0.3, -0.25) is 4.79 Å². The topological polar surface area (TPSA) is 76.1 Å². The van der Waals surface area contributed by atoms with Gasteiger partial charge in [-0.15, -0.1) is 0 Å². The second kappa shape index (κ2) is 8.53. The summed E-state index contributed by atoms with van der Waals surface area (Å²) in [7, 11) is 0. The van der Waals surface area contributed by atoms with Crippen LogP contribution < -0.4 is 0 Å². The summed E-state index contributed by atoms with van der Waals surface area (Å²) in [4.78, 5) is 27.0. The Kier molecular flexibility index (Phi) is 6.86. The number of carbonyl (C=O) groups is 2. The molecule has 1 aromatic rings. The molecule has 2 atom stereocenters. The number of rotatable bonds is 3. The van der Waals surface area contributed by atoms with Crippen LogP contribution in [0.3, 0.4) is 0 Å². The number of amides is 1. The highest BCUT2D eigenvalue weighted by Crippen LogP contribution is 2.40. The third kappa shape index (κ3) is 5.94. The Morgan fingerprint density at radius 3 is 2.40 bits per heavy atom. The lowest BCUT2D eigenvalue weighted by molar-refractivity contribution is -0.169. The van der Waals surface area contributed by atoms with E-state index in [9.17, 15) is 19.1 Å². The van der Waals surface area contributed by atoms with Crippen LogP contribution in [0, 0.1) is 24.1 Å². The third-order valence-corrected chi connectivity index (χ3v) is 4.98. The molecule has 0 radical (unpaired) electrons. The van der Waals surface area contributed by atoms with E-state index in [1.165, 1.54) is 23.1 Å². The van der Waals surface area contributed by atoms with Crippen molar-refractivity contribution >= 4 is 12.1 Å². The van der Waals surface area contributed by atoms with E-state index < -0.39 is 35.0 Å². The van der Waals surface area contributed by atoms with Crippen LogP contribution >= 0.6 is 0 Å². The first-order valence-corrected chi connectivity index (χ1v) is 10.3. The molecular weight excluding hydrogens is 389 g/mol. The fraction of sp³-hybridized carbons (Fsp3) is 0.652. The van der Waals surface area contributed by atoms with Gasteiger partial charge in [-0.2, -0.15) is 0 Å². The molecule has 1 saturated heterocycles. The largest absolute Gasteiger partial charge is 0.465 e. The lowest BCUT2D eigenvalue weighted by Crippen LogP contribution is -2.56. The molecule has 0 unspecified atom stereocenters. The fourth-order valence-corrected chi connectivity index (χ4v) is 3.53. The van der Waals surface area contributed by atoms with Crippen LogP contribution in [-0.4, -0.2) is 47.4 Å². The van der Waals surface area contributed by atoms with Gasteiger partial charge in [-0.05, 0) is 62.8 Å². The van der Waals surface area contributed by atoms with E-state index in [0.717, 1.165) is 0 Å². The molecule has 30 heavy (non-hydrogen) atoms. The molecule has 0 saturated carbocycles. The third-order valence-electron chi connectivity index (χ3n) is 4.98. The molecule has 0 aliphatic carbocycles. The number of hydrogen-bond acceptors (Lipinski definition) is 5. The van der Waals surface area contributed by atoms with Crippen LogP contribution in [0.25, 0.3) is 0 Å². The van der Waals surface area contributed by atoms with Crippen LogP contribution in [0.15, 0.2) is 18.2 Å². The van der Waals surface area contributed by atoms with Gasteiger partial charge < -0.3 is 19.5 Å². The predicted octanol–water partition coefficient (Wildman–Crippen LogP) is 4.17. The zero-order valence-electron chi connectivity index (χ0n) is 19.0.